The van der Waals surface area contributed by atoms with Crippen LogP contribution in [-0.4, -0.2) is 34.1 Å². The van der Waals surface area contributed by atoms with Crippen molar-refractivity contribution in [1.82, 2.24) is 19.7 Å². The lowest BCUT2D eigenvalue weighted by Crippen LogP contribution is -2.13. The number of benzene rings is 2. The molecular weight excluding hydrogens is 450 g/mol. The molecule has 0 bridgehead atoms. The first kappa shape index (κ1) is 21.7. The van der Waals surface area contributed by atoms with Crippen molar-refractivity contribution in [1.29, 1.82) is 0 Å². The average molecular weight is 468 g/mol. The maximum atomic E-state index is 12.7. The number of halogens is 1. The minimum absolute atomic E-state index is 0.106. The highest BCUT2D eigenvalue weighted by Crippen LogP contribution is 2.29. The second-order valence-corrected chi connectivity index (χ2v) is 9.33. The fourth-order valence-corrected chi connectivity index (χ4v) is 4.75. The highest BCUT2D eigenvalue weighted by molar-refractivity contribution is 7.90. The standard InChI is InChI=1S/C22H18ClN5O3S/c1-28-14-25-27-22(28)32(30,31)13-15-5-7-16(8-6-15)21(29)26-17-9-10-19(23)18(12-17)20-4-2-3-11-24-20/h2-12,14H,13H2,1H3,(H,26,29). The zero-order valence-corrected chi connectivity index (χ0v) is 18.5. The molecular formula is C22H18ClN5O3S. The summed E-state index contributed by atoms with van der Waals surface area (Å²) in [7, 11) is -2.08. The number of anilines is 1. The van der Waals surface area contributed by atoms with Crippen LogP contribution in [0.3, 0.4) is 0 Å². The van der Waals surface area contributed by atoms with Crippen LogP contribution in [0.1, 0.15) is 15.9 Å². The average Bonchev–Trinajstić information content (AvgIpc) is 3.23. The van der Waals surface area contributed by atoms with E-state index in [2.05, 4.69) is 20.5 Å². The van der Waals surface area contributed by atoms with Crippen LogP contribution in [0.5, 0.6) is 0 Å². The Kier molecular flexibility index (Phi) is 6.02. The molecule has 10 heteroatoms. The SMILES string of the molecule is Cn1cnnc1S(=O)(=O)Cc1ccc(C(=O)Nc2ccc(Cl)c(-c3ccccn3)c2)cc1. The van der Waals surface area contributed by atoms with Crippen molar-refractivity contribution in [2.75, 3.05) is 5.32 Å². The van der Waals surface area contributed by atoms with Gasteiger partial charge in [0.1, 0.15) is 6.33 Å². The Labute approximate surface area is 189 Å². The van der Waals surface area contributed by atoms with Gasteiger partial charge in [-0.25, -0.2) is 8.42 Å². The fraction of sp³-hybridized carbons (Fsp3) is 0.0909. The molecule has 0 aliphatic rings. The number of nitrogens with zero attached hydrogens (tertiary/aromatic N) is 4. The minimum Gasteiger partial charge on any atom is -0.322 e. The Morgan fingerprint density at radius 2 is 1.88 bits per heavy atom. The van der Waals surface area contributed by atoms with Gasteiger partial charge in [-0.3, -0.25) is 9.78 Å². The van der Waals surface area contributed by atoms with Crippen LogP contribution in [0.25, 0.3) is 11.3 Å². The van der Waals surface area contributed by atoms with Crippen molar-refractivity contribution in [2.45, 2.75) is 10.9 Å². The van der Waals surface area contributed by atoms with Crippen LogP contribution in [-0.2, 0) is 22.6 Å². The van der Waals surface area contributed by atoms with Crippen molar-refractivity contribution in [3.63, 3.8) is 0 Å². The first-order chi connectivity index (χ1) is 15.3. The summed E-state index contributed by atoms with van der Waals surface area (Å²) in [6, 6.07) is 17.0. The largest absolute Gasteiger partial charge is 0.322 e. The Balaban J connectivity index is 1.49. The maximum Gasteiger partial charge on any atom is 0.255 e. The maximum absolute atomic E-state index is 12.7. The van der Waals surface area contributed by atoms with Gasteiger partial charge in [-0.2, -0.15) is 0 Å². The summed E-state index contributed by atoms with van der Waals surface area (Å²) in [5.41, 5.74) is 2.89. The Morgan fingerprint density at radius 1 is 1.09 bits per heavy atom. The number of nitrogens with one attached hydrogen (secondary N) is 1. The summed E-state index contributed by atoms with van der Waals surface area (Å²) in [5.74, 6) is -0.575. The lowest BCUT2D eigenvalue weighted by Gasteiger charge is -2.10. The fourth-order valence-electron chi connectivity index (χ4n) is 3.12. The smallest absolute Gasteiger partial charge is 0.255 e. The van der Waals surface area contributed by atoms with E-state index in [1.165, 1.54) is 10.9 Å². The predicted octanol–water partition coefficient (Wildman–Crippen LogP) is 3.76. The summed E-state index contributed by atoms with van der Waals surface area (Å²) in [5, 5.41) is 10.5. The van der Waals surface area contributed by atoms with Crippen LogP contribution in [0, 0.1) is 0 Å². The zero-order valence-electron chi connectivity index (χ0n) is 16.9. The molecule has 0 spiro atoms. The summed E-state index contributed by atoms with van der Waals surface area (Å²) in [6.45, 7) is 0. The first-order valence-electron chi connectivity index (χ1n) is 9.51. The van der Waals surface area contributed by atoms with Crippen molar-refractivity contribution in [2.24, 2.45) is 7.05 Å². The second kappa shape index (κ2) is 8.89. The number of aromatic nitrogens is 4. The molecule has 0 aliphatic carbocycles. The lowest BCUT2D eigenvalue weighted by atomic mass is 10.1. The Morgan fingerprint density at radius 3 is 2.53 bits per heavy atom. The molecule has 0 aliphatic heterocycles. The highest BCUT2D eigenvalue weighted by atomic mass is 35.5. The molecule has 2 aromatic heterocycles. The van der Waals surface area contributed by atoms with Crippen LogP contribution in [0.2, 0.25) is 5.02 Å². The van der Waals surface area contributed by atoms with Gasteiger partial charge in [0.15, 0.2) is 0 Å². The highest BCUT2D eigenvalue weighted by Gasteiger charge is 2.21. The van der Waals surface area contributed by atoms with Gasteiger partial charge >= 0.3 is 0 Å². The van der Waals surface area contributed by atoms with Gasteiger partial charge in [0.25, 0.3) is 5.91 Å². The first-order valence-corrected chi connectivity index (χ1v) is 11.5. The van der Waals surface area contributed by atoms with Crippen molar-refractivity contribution in [3.8, 4) is 11.3 Å². The number of hydrogen-bond donors (Lipinski definition) is 1. The quantitative estimate of drug-likeness (QED) is 0.462. The molecule has 0 saturated carbocycles. The Hall–Kier alpha value is -3.56. The molecule has 2 heterocycles. The van der Waals surface area contributed by atoms with Gasteiger partial charge in [0, 0.05) is 30.1 Å². The lowest BCUT2D eigenvalue weighted by molar-refractivity contribution is 0.102. The second-order valence-electron chi connectivity index (χ2n) is 7.04. The van der Waals surface area contributed by atoms with Gasteiger partial charge in [-0.05, 0) is 48.0 Å². The topological polar surface area (TPSA) is 107 Å². The number of carbonyl (C=O) groups is 1. The molecule has 4 rings (SSSR count). The number of carbonyl (C=O) groups excluding carboxylic acids is 1. The van der Waals surface area contributed by atoms with E-state index in [0.29, 0.717) is 33.1 Å². The summed E-state index contributed by atoms with van der Waals surface area (Å²) >= 11 is 6.29. The van der Waals surface area contributed by atoms with Crippen LogP contribution >= 0.6 is 11.6 Å². The summed E-state index contributed by atoms with van der Waals surface area (Å²) < 4.78 is 26.4. The number of aryl methyl sites for hydroxylation is 1. The summed E-state index contributed by atoms with van der Waals surface area (Å²) in [6.07, 6.45) is 3.00. The van der Waals surface area contributed by atoms with Crippen LogP contribution < -0.4 is 5.32 Å². The molecule has 8 nitrogen and oxygen atoms in total. The van der Waals surface area contributed by atoms with Gasteiger partial charge in [0.2, 0.25) is 15.0 Å². The minimum atomic E-state index is -3.65. The van der Waals surface area contributed by atoms with E-state index in [1.54, 1.807) is 55.7 Å². The molecule has 2 aromatic carbocycles. The Bertz CT molecular complexity index is 1370. The third-order valence-electron chi connectivity index (χ3n) is 4.69. The van der Waals surface area contributed by atoms with Gasteiger partial charge in [0.05, 0.1) is 16.5 Å². The number of pyridine rings is 1. The third kappa shape index (κ3) is 4.68. The van der Waals surface area contributed by atoms with Crippen LogP contribution in [0.15, 0.2) is 78.3 Å². The van der Waals surface area contributed by atoms with E-state index in [0.717, 1.165) is 0 Å². The molecule has 1 amide bonds. The van der Waals surface area contributed by atoms with E-state index < -0.39 is 9.84 Å². The van der Waals surface area contributed by atoms with Crippen molar-refractivity contribution >= 4 is 33.0 Å². The van der Waals surface area contributed by atoms with Gasteiger partial charge in [-0.1, -0.05) is 29.8 Å². The molecule has 32 heavy (non-hydrogen) atoms. The normalized spacial score (nSPS) is 11.3. The number of amides is 1. The van der Waals surface area contributed by atoms with E-state index in [1.807, 2.05) is 18.2 Å². The number of sulfone groups is 1. The monoisotopic (exact) mass is 467 g/mol. The van der Waals surface area contributed by atoms with E-state index in [4.69, 9.17) is 11.6 Å². The molecule has 4 aromatic rings. The van der Waals surface area contributed by atoms with Crippen LogP contribution in [0.4, 0.5) is 5.69 Å². The number of rotatable bonds is 6. The van der Waals surface area contributed by atoms with E-state index in [9.17, 15) is 13.2 Å². The third-order valence-corrected chi connectivity index (χ3v) is 6.65. The summed E-state index contributed by atoms with van der Waals surface area (Å²) in [4.78, 5) is 17.0. The predicted molar refractivity (Wildman–Crippen MR) is 121 cm³/mol. The molecule has 0 unspecified atom stereocenters. The van der Waals surface area contributed by atoms with Gasteiger partial charge in [-0.15, -0.1) is 10.2 Å². The van der Waals surface area contributed by atoms with E-state index in [-0.39, 0.29) is 16.8 Å². The van der Waals surface area contributed by atoms with Gasteiger partial charge < -0.3 is 9.88 Å². The molecule has 0 radical (unpaired) electrons. The molecule has 1 N–H and O–H groups in total. The molecule has 0 atom stereocenters. The van der Waals surface area contributed by atoms with E-state index >= 15 is 0 Å². The molecule has 0 saturated heterocycles. The zero-order chi connectivity index (χ0) is 22.7. The van der Waals surface area contributed by atoms with Crippen molar-refractivity contribution < 1.29 is 13.2 Å². The number of hydrogen-bond acceptors (Lipinski definition) is 6. The van der Waals surface area contributed by atoms with Crippen molar-refractivity contribution in [3.05, 3.63) is 89.3 Å². The molecule has 162 valence electrons. The molecule has 0 fully saturated rings.